The molecule has 0 heterocycles. The highest BCUT2D eigenvalue weighted by Crippen LogP contribution is 2.31. The van der Waals surface area contributed by atoms with E-state index in [0.717, 1.165) is 102 Å². The van der Waals surface area contributed by atoms with Gasteiger partial charge in [-0.2, -0.15) is 0 Å². The number of ether oxygens (including phenoxy) is 8. The third-order valence-corrected chi connectivity index (χ3v) is 12.6. The topological polar surface area (TPSA) is 114 Å². The lowest BCUT2D eigenvalue weighted by molar-refractivity contribution is 0.273. The maximum absolute atomic E-state index is 9.29. The molecule has 0 aliphatic heterocycles. The Labute approximate surface area is 474 Å². The summed E-state index contributed by atoms with van der Waals surface area (Å²) < 4.78 is 42.7. The quantitative estimate of drug-likeness (QED) is 0.0805. The minimum absolute atomic E-state index is 0.0185. The van der Waals surface area contributed by atoms with Crippen molar-refractivity contribution in [2.24, 2.45) is 0 Å². The van der Waals surface area contributed by atoms with Crippen molar-refractivity contribution in [2.75, 3.05) is 56.9 Å². The first kappa shape index (κ1) is 61.9. The Morgan fingerprint density at radius 3 is 0.950 bits per heavy atom. The molecule has 416 valence electrons. The molecular weight excluding hydrogens is 1000 g/mol. The first-order valence-corrected chi connectivity index (χ1v) is 26.0. The van der Waals surface area contributed by atoms with E-state index >= 15 is 0 Å². The number of benzene rings is 8. The maximum Gasteiger partial charge on any atom is 0.131 e. The van der Waals surface area contributed by atoms with Crippen LogP contribution in [0.5, 0.6) is 46.0 Å². The van der Waals surface area contributed by atoms with Gasteiger partial charge in [-0.3, -0.25) is 0 Å². The molecule has 80 heavy (non-hydrogen) atoms. The zero-order valence-corrected chi connectivity index (χ0v) is 48.2. The van der Waals surface area contributed by atoms with Crippen molar-refractivity contribution in [2.45, 2.75) is 40.9 Å². The molecule has 0 radical (unpaired) electrons. The molecule has 10 nitrogen and oxygen atoms in total. The number of hydrogen-bond acceptors (Lipinski definition) is 10. The summed E-state index contributed by atoms with van der Waals surface area (Å²) in [5.41, 5.74) is 14.7. The molecule has 0 aromatic heterocycles. The van der Waals surface area contributed by atoms with E-state index in [0.29, 0.717) is 0 Å². The second kappa shape index (κ2) is 32.7. The van der Waals surface area contributed by atoms with Crippen LogP contribution in [0.3, 0.4) is 0 Å². The van der Waals surface area contributed by atoms with Crippen LogP contribution >= 0.6 is 0 Å². The molecule has 8 aromatic carbocycles. The SMILES string of the molecule is COc1c(/C=C/c2ccc(C)cc2)cccc1CO.COc1c(/C=C/c2ccc(C)cc2)cccc1CO.COc1ccc(/C=C/c2cc(C)ccc2OC)c(OC)c1.COc1ccc(/C=C/c2cc(C)ccc2OC)c(OC)c1. The third kappa shape index (κ3) is 18.6. The van der Waals surface area contributed by atoms with Gasteiger partial charge in [-0.05, 0) is 87.4 Å². The van der Waals surface area contributed by atoms with Crippen molar-refractivity contribution in [3.8, 4) is 46.0 Å². The molecule has 0 saturated heterocycles. The summed E-state index contributed by atoms with van der Waals surface area (Å²) in [5, 5.41) is 18.6. The Morgan fingerprint density at radius 2 is 0.625 bits per heavy atom. The molecule has 0 unspecified atom stereocenters. The van der Waals surface area contributed by atoms with Gasteiger partial charge in [0.1, 0.15) is 46.0 Å². The van der Waals surface area contributed by atoms with Crippen LogP contribution in [-0.2, 0) is 13.2 Å². The summed E-state index contributed by atoms with van der Waals surface area (Å²) in [6, 6.07) is 51.8. The Bertz CT molecular complexity index is 3090. The van der Waals surface area contributed by atoms with E-state index in [1.807, 2.05) is 146 Å². The predicted octanol–water partition coefficient (Wildman–Crippen LogP) is 15.7. The number of aliphatic hydroxyl groups excluding tert-OH is 2. The van der Waals surface area contributed by atoms with Crippen molar-refractivity contribution in [3.63, 3.8) is 0 Å². The standard InChI is InChI=1S/2C18H20O3.2C17H18O2/c2*1-13-5-10-17(20-3)15(11-13)7-6-14-8-9-16(19-2)12-18(14)21-4;2*1-13-6-8-14(9-7-13)10-11-15-4-3-5-16(12-18)17(15)19-2/h2*5-12H,1-4H3;2*3-11,18H,12H2,1-2H3/b2*7-6+;2*11-10+. The van der Waals surface area contributed by atoms with Crippen LogP contribution in [-0.4, -0.2) is 67.1 Å². The van der Waals surface area contributed by atoms with E-state index in [1.165, 1.54) is 22.3 Å². The van der Waals surface area contributed by atoms with E-state index in [4.69, 9.17) is 37.9 Å². The monoisotopic (exact) mass is 1080 g/mol. The second-order valence-electron chi connectivity index (χ2n) is 18.3. The van der Waals surface area contributed by atoms with Gasteiger partial charge >= 0.3 is 0 Å². The fourth-order valence-electron chi connectivity index (χ4n) is 8.19. The lowest BCUT2D eigenvalue weighted by Gasteiger charge is -2.09. The van der Waals surface area contributed by atoms with Crippen LogP contribution in [0.15, 0.2) is 158 Å². The zero-order chi connectivity index (χ0) is 57.8. The van der Waals surface area contributed by atoms with E-state index < -0.39 is 0 Å². The van der Waals surface area contributed by atoms with Gasteiger partial charge in [0.15, 0.2) is 0 Å². The summed E-state index contributed by atoms with van der Waals surface area (Å²) in [6.07, 6.45) is 16.2. The molecule has 8 aromatic rings. The fraction of sp³-hybridized carbons (Fsp3) is 0.200. The van der Waals surface area contributed by atoms with E-state index in [9.17, 15) is 10.2 Å². The van der Waals surface area contributed by atoms with Gasteiger partial charge in [0.25, 0.3) is 0 Å². The zero-order valence-electron chi connectivity index (χ0n) is 48.2. The van der Waals surface area contributed by atoms with Gasteiger partial charge in [0.2, 0.25) is 0 Å². The lowest BCUT2D eigenvalue weighted by Crippen LogP contribution is -1.94. The molecule has 0 saturated carbocycles. The number of para-hydroxylation sites is 2. The van der Waals surface area contributed by atoms with E-state index in [-0.39, 0.29) is 13.2 Å². The Hall–Kier alpha value is -8.96. The van der Waals surface area contributed by atoms with Crippen LogP contribution in [0.4, 0.5) is 0 Å². The van der Waals surface area contributed by atoms with Crippen molar-refractivity contribution in [1.82, 2.24) is 0 Å². The van der Waals surface area contributed by atoms with E-state index in [1.54, 1.807) is 56.9 Å². The molecule has 0 spiro atoms. The largest absolute Gasteiger partial charge is 0.497 e. The molecule has 10 heteroatoms. The van der Waals surface area contributed by atoms with Crippen LogP contribution < -0.4 is 37.9 Å². The van der Waals surface area contributed by atoms with Crippen LogP contribution in [0.1, 0.15) is 77.9 Å². The average Bonchev–Trinajstić information content (AvgIpc) is 3.50. The molecule has 0 aliphatic carbocycles. The first-order chi connectivity index (χ1) is 38.8. The molecule has 0 fully saturated rings. The highest BCUT2D eigenvalue weighted by molar-refractivity contribution is 5.78. The van der Waals surface area contributed by atoms with Crippen LogP contribution in [0.25, 0.3) is 48.6 Å². The van der Waals surface area contributed by atoms with Gasteiger partial charge in [-0.1, -0.05) is 168 Å². The smallest absolute Gasteiger partial charge is 0.131 e. The fourth-order valence-corrected chi connectivity index (χ4v) is 8.19. The minimum atomic E-state index is -0.0185. The van der Waals surface area contributed by atoms with Crippen LogP contribution in [0, 0.1) is 27.7 Å². The van der Waals surface area contributed by atoms with Crippen molar-refractivity contribution in [1.29, 1.82) is 0 Å². The minimum Gasteiger partial charge on any atom is -0.497 e. The van der Waals surface area contributed by atoms with Gasteiger partial charge in [0, 0.05) is 56.6 Å². The highest BCUT2D eigenvalue weighted by Gasteiger charge is 2.09. The molecule has 0 aliphatic rings. The van der Waals surface area contributed by atoms with Crippen molar-refractivity contribution >= 4 is 48.6 Å². The molecule has 8 rings (SSSR count). The molecule has 0 bridgehead atoms. The Morgan fingerprint density at radius 1 is 0.287 bits per heavy atom. The van der Waals surface area contributed by atoms with E-state index in [2.05, 4.69) is 88.4 Å². The Balaban J connectivity index is 0.000000196. The predicted molar refractivity (Wildman–Crippen MR) is 330 cm³/mol. The highest BCUT2D eigenvalue weighted by atomic mass is 16.5. The first-order valence-electron chi connectivity index (χ1n) is 26.0. The number of hydrogen-bond donors (Lipinski definition) is 2. The summed E-state index contributed by atoms with van der Waals surface area (Å²) >= 11 is 0. The molecular formula is C70H76O10. The normalized spacial score (nSPS) is 10.8. The van der Waals surface area contributed by atoms with Crippen molar-refractivity contribution in [3.05, 3.63) is 236 Å². The lowest BCUT2D eigenvalue weighted by atomic mass is 10.1. The number of aliphatic hydroxyl groups is 2. The third-order valence-electron chi connectivity index (χ3n) is 12.6. The molecule has 0 atom stereocenters. The average molecular weight is 1080 g/mol. The van der Waals surface area contributed by atoms with Crippen LogP contribution in [0.2, 0.25) is 0 Å². The number of rotatable bonds is 18. The second-order valence-corrected chi connectivity index (χ2v) is 18.3. The van der Waals surface area contributed by atoms with Gasteiger partial charge in [0.05, 0.1) is 70.1 Å². The summed E-state index contributed by atoms with van der Waals surface area (Å²) in [6.45, 7) is 8.22. The van der Waals surface area contributed by atoms with Gasteiger partial charge < -0.3 is 48.1 Å². The molecule has 0 amide bonds. The number of aryl methyl sites for hydroxylation is 4. The molecule has 2 N–H and O–H groups in total. The summed E-state index contributed by atoms with van der Waals surface area (Å²) in [4.78, 5) is 0. The van der Waals surface area contributed by atoms with Crippen molar-refractivity contribution < 1.29 is 48.1 Å². The summed E-state index contributed by atoms with van der Waals surface area (Å²) in [5.74, 6) is 6.26. The number of methoxy groups -OCH3 is 8. The Kier molecular flexibility index (Phi) is 25.3. The maximum atomic E-state index is 9.29. The van der Waals surface area contributed by atoms with Gasteiger partial charge in [-0.15, -0.1) is 0 Å². The summed E-state index contributed by atoms with van der Waals surface area (Å²) in [7, 11) is 13.2. The van der Waals surface area contributed by atoms with Gasteiger partial charge in [-0.25, -0.2) is 0 Å².